The van der Waals surface area contributed by atoms with Gasteiger partial charge in [0.2, 0.25) is 0 Å². The Hall–Kier alpha value is -2.91. The van der Waals surface area contributed by atoms with Gasteiger partial charge in [-0.25, -0.2) is 9.78 Å². The molecule has 10 nitrogen and oxygen atoms in total. The van der Waals surface area contributed by atoms with Crippen molar-refractivity contribution in [2.45, 2.75) is 63.6 Å². The summed E-state index contributed by atoms with van der Waals surface area (Å²) >= 11 is 0. The molecule has 10 heteroatoms. The maximum absolute atomic E-state index is 12.9. The molecule has 2 heterocycles. The van der Waals surface area contributed by atoms with Crippen molar-refractivity contribution < 1.29 is 14.3 Å². The second kappa shape index (κ2) is 7.31. The number of carbonyl (C=O) groups is 2. The first-order chi connectivity index (χ1) is 15.2. The number of carbonyl (C=O) groups excluding carboxylic acids is 2. The lowest BCUT2D eigenvalue weighted by atomic mass is 9.53. The number of ether oxygens (including phenoxy) is 1. The molecule has 1 amide bonds. The Morgan fingerprint density at radius 1 is 1.12 bits per heavy atom. The predicted octanol–water partition coefficient (Wildman–Crippen LogP) is 0.450. The Labute approximate surface area is 184 Å². The van der Waals surface area contributed by atoms with E-state index < -0.39 is 23.3 Å². The van der Waals surface area contributed by atoms with Crippen LogP contribution in [0.1, 0.15) is 45.4 Å². The van der Waals surface area contributed by atoms with Gasteiger partial charge in [0.1, 0.15) is 6.54 Å². The van der Waals surface area contributed by atoms with Gasteiger partial charge >= 0.3 is 11.7 Å². The van der Waals surface area contributed by atoms with Crippen LogP contribution >= 0.6 is 0 Å². The zero-order valence-electron chi connectivity index (χ0n) is 18.7. The van der Waals surface area contributed by atoms with E-state index in [1.807, 2.05) is 0 Å². The lowest BCUT2D eigenvalue weighted by Crippen LogP contribution is -2.61. The van der Waals surface area contributed by atoms with Gasteiger partial charge in [0, 0.05) is 19.6 Å². The van der Waals surface area contributed by atoms with E-state index in [2.05, 4.69) is 10.3 Å². The minimum absolute atomic E-state index is 0.136. The summed E-state index contributed by atoms with van der Waals surface area (Å²) in [6.45, 7) is 1.29. The summed E-state index contributed by atoms with van der Waals surface area (Å²) in [4.78, 5) is 54.1. The van der Waals surface area contributed by atoms with E-state index in [1.165, 1.54) is 48.8 Å². The van der Waals surface area contributed by atoms with Crippen molar-refractivity contribution >= 4 is 23.0 Å². The van der Waals surface area contributed by atoms with Gasteiger partial charge in [-0.15, -0.1) is 0 Å². The predicted molar refractivity (Wildman–Crippen MR) is 115 cm³/mol. The second-order valence-electron chi connectivity index (χ2n) is 10.1. The van der Waals surface area contributed by atoms with Gasteiger partial charge in [-0.05, 0) is 63.2 Å². The molecule has 4 fully saturated rings. The highest BCUT2D eigenvalue weighted by Gasteiger charge is 2.51. The van der Waals surface area contributed by atoms with Crippen LogP contribution in [0.3, 0.4) is 0 Å². The minimum atomic E-state index is -0.933. The summed E-state index contributed by atoms with van der Waals surface area (Å²) in [5.41, 5.74) is -0.855. The SMILES string of the molecule is CC(OC(=O)Cn1cnc2c1c(=O)n(C)c(=O)n2C)C(=O)NC12CC3CC(CC(C3)C1)C2. The summed E-state index contributed by atoms with van der Waals surface area (Å²) in [6, 6.07) is 0. The van der Waals surface area contributed by atoms with E-state index in [0.29, 0.717) is 17.8 Å². The molecule has 0 saturated heterocycles. The molecule has 1 atom stereocenters. The van der Waals surface area contributed by atoms with Gasteiger partial charge in [-0.3, -0.25) is 23.5 Å². The van der Waals surface area contributed by atoms with Crippen molar-refractivity contribution in [3.63, 3.8) is 0 Å². The molecule has 4 aliphatic carbocycles. The highest BCUT2D eigenvalue weighted by Crippen LogP contribution is 2.55. The standard InChI is InChI=1S/C22H29N5O5/c1-12(19(29)24-22-7-13-4-14(8-22)6-15(5-13)9-22)32-16(28)10-27-11-23-18-17(27)20(30)26(3)21(31)25(18)2/h11-15H,4-10H2,1-3H3,(H,24,29). The average Bonchev–Trinajstić information content (AvgIpc) is 3.12. The van der Waals surface area contributed by atoms with E-state index in [4.69, 9.17) is 4.74 Å². The third-order valence-electron chi connectivity index (χ3n) is 7.62. The van der Waals surface area contributed by atoms with Crippen LogP contribution < -0.4 is 16.6 Å². The van der Waals surface area contributed by atoms with Crippen LogP contribution in [-0.2, 0) is 35.0 Å². The fourth-order valence-corrected chi connectivity index (χ4v) is 6.57. The molecule has 6 rings (SSSR count). The number of amides is 1. The smallest absolute Gasteiger partial charge is 0.332 e. The first-order valence-electron chi connectivity index (χ1n) is 11.3. The molecular weight excluding hydrogens is 414 g/mol. The van der Waals surface area contributed by atoms with E-state index in [-0.39, 0.29) is 29.2 Å². The lowest BCUT2D eigenvalue weighted by Gasteiger charge is -2.57. The zero-order valence-corrected chi connectivity index (χ0v) is 18.7. The number of aryl methyl sites for hydroxylation is 1. The first-order valence-corrected chi connectivity index (χ1v) is 11.3. The molecule has 0 aromatic carbocycles. The Morgan fingerprint density at radius 2 is 1.72 bits per heavy atom. The number of hydrogen-bond acceptors (Lipinski definition) is 6. The van der Waals surface area contributed by atoms with Gasteiger partial charge in [0.15, 0.2) is 17.3 Å². The van der Waals surface area contributed by atoms with Crippen LogP contribution in [0.2, 0.25) is 0 Å². The van der Waals surface area contributed by atoms with Crippen LogP contribution in [0.5, 0.6) is 0 Å². The van der Waals surface area contributed by atoms with E-state index in [0.717, 1.165) is 23.8 Å². The van der Waals surface area contributed by atoms with Crippen molar-refractivity contribution in [2.24, 2.45) is 31.8 Å². The Bertz CT molecular complexity index is 1190. The summed E-state index contributed by atoms with van der Waals surface area (Å²) in [5, 5.41) is 3.22. The fourth-order valence-electron chi connectivity index (χ4n) is 6.57. The molecule has 4 bridgehead atoms. The molecule has 0 spiro atoms. The highest BCUT2D eigenvalue weighted by molar-refractivity contribution is 5.84. The molecule has 0 aliphatic heterocycles. The minimum Gasteiger partial charge on any atom is -0.451 e. The van der Waals surface area contributed by atoms with Crippen LogP contribution in [0, 0.1) is 17.8 Å². The molecular formula is C22H29N5O5. The molecule has 1 unspecified atom stereocenters. The van der Waals surface area contributed by atoms with Crippen molar-refractivity contribution in [2.75, 3.05) is 0 Å². The van der Waals surface area contributed by atoms with Crippen LogP contribution in [-0.4, -0.2) is 42.2 Å². The fraction of sp³-hybridized carbons (Fsp3) is 0.682. The lowest BCUT2D eigenvalue weighted by molar-refractivity contribution is -0.157. The van der Waals surface area contributed by atoms with Crippen molar-refractivity contribution in [3.8, 4) is 0 Å². The Balaban J connectivity index is 1.26. The maximum atomic E-state index is 12.9. The van der Waals surface area contributed by atoms with E-state index in [9.17, 15) is 19.2 Å². The number of aromatic nitrogens is 4. The van der Waals surface area contributed by atoms with Crippen molar-refractivity contribution in [3.05, 3.63) is 27.2 Å². The van der Waals surface area contributed by atoms with E-state index >= 15 is 0 Å². The molecule has 4 saturated carbocycles. The first kappa shape index (κ1) is 21.0. The second-order valence-corrected chi connectivity index (χ2v) is 10.1. The zero-order chi connectivity index (χ0) is 22.8. The summed E-state index contributed by atoms with van der Waals surface area (Å²) < 4.78 is 8.96. The number of fused-ring (bicyclic) bond motifs is 1. The molecule has 172 valence electrons. The van der Waals surface area contributed by atoms with Gasteiger partial charge in [-0.2, -0.15) is 0 Å². The largest absolute Gasteiger partial charge is 0.451 e. The van der Waals surface area contributed by atoms with Crippen LogP contribution in [0.4, 0.5) is 0 Å². The van der Waals surface area contributed by atoms with Gasteiger partial charge in [0.25, 0.3) is 11.5 Å². The van der Waals surface area contributed by atoms with Gasteiger partial charge < -0.3 is 14.6 Å². The molecule has 0 radical (unpaired) electrons. The molecule has 32 heavy (non-hydrogen) atoms. The van der Waals surface area contributed by atoms with Gasteiger partial charge in [0.05, 0.1) is 6.33 Å². The number of hydrogen-bond donors (Lipinski definition) is 1. The number of imidazole rings is 1. The molecule has 2 aromatic rings. The number of nitrogens with zero attached hydrogens (tertiary/aromatic N) is 4. The summed E-state index contributed by atoms with van der Waals surface area (Å²) in [6.07, 6.45) is 7.30. The van der Waals surface area contributed by atoms with E-state index in [1.54, 1.807) is 6.92 Å². The summed E-state index contributed by atoms with van der Waals surface area (Å²) in [7, 11) is 2.88. The number of rotatable bonds is 5. The Kier molecular flexibility index (Phi) is 4.79. The van der Waals surface area contributed by atoms with Crippen molar-refractivity contribution in [1.29, 1.82) is 0 Å². The third kappa shape index (κ3) is 3.36. The van der Waals surface area contributed by atoms with Crippen LogP contribution in [0.25, 0.3) is 11.2 Å². The van der Waals surface area contributed by atoms with Crippen LogP contribution in [0.15, 0.2) is 15.9 Å². The topological polar surface area (TPSA) is 117 Å². The Morgan fingerprint density at radius 3 is 2.31 bits per heavy atom. The average molecular weight is 444 g/mol. The third-order valence-corrected chi connectivity index (χ3v) is 7.62. The summed E-state index contributed by atoms with van der Waals surface area (Å²) in [5.74, 6) is 1.19. The highest BCUT2D eigenvalue weighted by atomic mass is 16.5. The van der Waals surface area contributed by atoms with Crippen molar-refractivity contribution in [1.82, 2.24) is 24.0 Å². The quantitative estimate of drug-likeness (QED) is 0.671. The molecule has 2 aromatic heterocycles. The maximum Gasteiger partial charge on any atom is 0.332 e. The van der Waals surface area contributed by atoms with Gasteiger partial charge in [-0.1, -0.05) is 0 Å². The monoisotopic (exact) mass is 443 g/mol. The number of nitrogens with one attached hydrogen (secondary N) is 1. The number of esters is 1. The molecule has 1 N–H and O–H groups in total. The normalized spacial score (nSPS) is 29.3. The molecule has 4 aliphatic rings.